The van der Waals surface area contributed by atoms with Gasteiger partial charge in [-0.1, -0.05) is 28.1 Å². The first-order valence-electron chi connectivity index (χ1n) is 13.0. The molecule has 0 aliphatic heterocycles. The molecule has 218 valence electrons. The third-order valence-corrected chi connectivity index (χ3v) is 8.55. The second-order valence-electron chi connectivity index (χ2n) is 11.0. The Morgan fingerprint density at radius 1 is 0.975 bits per heavy atom. The molecule has 1 aliphatic rings. The van der Waals surface area contributed by atoms with E-state index in [-0.39, 0.29) is 22.5 Å². The Bertz CT molecular complexity index is 1440. The highest BCUT2D eigenvalue weighted by Gasteiger charge is 2.34. The number of sulfonamides is 1. The Morgan fingerprint density at radius 2 is 1.62 bits per heavy atom. The minimum Gasteiger partial charge on any atom is -0.404 e. The summed E-state index contributed by atoms with van der Waals surface area (Å²) in [6.07, 6.45) is -1.69. The maximum absolute atomic E-state index is 12.8. The predicted octanol–water partition coefficient (Wildman–Crippen LogP) is 6.70. The number of fused-ring (bicyclic) bond motifs is 1. The Balaban J connectivity index is 1.32. The summed E-state index contributed by atoms with van der Waals surface area (Å²) >= 11 is 3.05. The number of para-hydroxylation sites is 1. The second-order valence-corrected chi connectivity index (χ2v) is 13.7. The van der Waals surface area contributed by atoms with Crippen molar-refractivity contribution in [3.05, 3.63) is 46.9 Å². The highest BCUT2D eigenvalue weighted by molar-refractivity contribution is 9.10. The Hall–Kier alpha value is -2.64. The molecule has 1 aromatic heterocycles. The fourth-order valence-corrected chi connectivity index (χ4v) is 6.26. The molecular weight excluding hydrogens is 611 g/mol. The number of alkyl halides is 3. The zero-order valence-electron chi connectivity index (χ0n) is 22.5. The van der Waals surface area contributed by atoms with Crippen molar-refractivity contribution in [2.24, 2.45) is 11.8 Å². The molecule has 1 aliphatic carbocycles. The second kappa shape index (κ2) is 12.1. The standard InChI is InChI=1S/C27H33BrF3N5O3S/c1-26(2,3)36-24-20-6-4-5-7-21(20)34-25(35-24)32-15-17-8-10-18(11-9-17)16-33-40(37,38)23-13-12-19(28)14-22(23)39-27(29,30)31/h4-7,12-14,17-18,33H,8-11,15-16H2,1-3H3,(H2,32,34,35,36). The van der Waals surface area contributed by atoms with E-state index in [4.69, 9.17) is 4.98 Å². The van der Waals surface area contributed by atoms with Crippen LogP contribution in [0.4, 0.5) is 24.9 Å². The molecule has 13 heteroatoms. The van der Waals surface area contributed by atoms with Gasteiger partial charge in [0, 0.05) is 28.5 Å². The quantitative estimate of drug-likeness (QED) is 0.238. The van der Waals surface area contributed by atoms with Crippen molar-refractivity contribution in [1.82, 2.24) is 14.7 Å². The van der Waals surface area contributed by atoms with Gasteiger partial charge in [0.25, 0.3) is 0 Å². The van der Waals surface area contributed by atoms with E-state index in [1.54, 1.807) is 0 Å². The molecule has 0 amide bonds. The number of ether oxygens (including phenoxy) is 1. The smallest absolute Gasteiger partial charge is 0.404 e. The van der Waals surface area contributed by atoms with Crippen LogP contribution in [0.2, 0.25) is 0 Å². The van der Waals surface area contributed by atoms with Crippen molar-refractivity contribution in [3.8, 4) is 5.75 Å². The van der Waals surface area contributed by atoms with Crippen molar-refractivity contribution >= 4 is 48.6 Å². The van der Waals surface area contributed by atoms with E-state index < -0.39 is 27.0 Å². The van der Waals surface area contributed by atoms with Gasteiger partial charge in [-0.2, -0.15) is 4.98 Å². The van der Waals surface area contributed by atoms with Gasteiger partial charge in [0.2, 0.25) is 16.0 Å². The molecule has 0 bridgehead atoms. The van der Waals surface area contributed by atoms with E-state index >= 15 is 0 Å². The van der Waals surface area contributed by atoms with Crippen molar-refractivity contribution in [3.63, 3.8) is 0 Å². The highest BCUT2D eigenvalue weighted by Crippen LogP contribution is 2.33. The predicted molar refractivity (Wildman–Crippen MR) is 153 cm³/mol. The van der Waals surface area contributed by atoms with Crippen LogP contribution in [0.25, 0.3) is 10.9 Å². The summed E-state index contributed by atoms with van der Waals surface area (Å²) in [4.78, 5) is 8.82. The summed E-state index contributed by atoms with van der Waals surface area (Å²) in [5, 5.41) is 7.77. The number of hydrogen-bond acceptors (Lipinski definition) is 7. The van der Waals surface area contributed by atoms with Gasteiger partial charge in [-0.25, -0.2) is 18.1 Å². The van der Waals surface area contributed by atoms with E-state index in [1.165, 1.54) is 6.07 Å². The molecule has 3 N–H and O–H groups in total. The summed E-state index contributed by atoms with van der Waals surface area (Å²) < 4.78 is 70.8. The minimum atomic E-state index is -5.01. The Labute approximate surface area is 240 Å². The summed E-state index contributed by atoms with van der Waals surface area (Å²) in [6, 6.07) is 11.3. The van der Waals surface area contributed by atoms with Gasteiger partial charge >= 0.3 is 6.36 Å². The fraction of sp³-hybridized carbons (Fsp3) is 0.481. The molecule has 40 heavy (non-hydrogen) atoms. The molecule has 0 saturated heterocycles. The van der Waals surface area contributed by atoms with Crippen LogP contribution in [0, 0.1) is 11.8 Å². The minimum absolute atomic E-state index is 0.0768. The maximum atomic E-state index is 12.8. The van der Waals surface area contributed by atoms with Gasteiger partial charge in [-0.3, -0.25) is 0 Å². The van der Waals surface area contributed by atoms with Crippen molar-refractivity contribution in [1.29, 1.82) is 0 Å². The molecule has 1 fully saturated rings. The van der Waals surface area contributed by atoms with Gasteiger partial charge in [0.15, 0.2) is 5.75 Å². The summed E-state index contributed by atoms with van der Waals surface area (Å²) in [7, 11) is -4.21. The van der Waals surface area contributed by atoms with E-state index in [2.05, 4.69) is 61.8 Å². The van der Waals surface area contributed by atoms with Crippen LogP contribution >= 0.6 is 15.9 Å². The normalized spacial score (nSPS) is 18.5. The van der Waals surface area contributed by atoms with Gasteiger partial charge < -0.3 is 15.4 Å². The summed E-state index contributed by atoms with van der Waals surface area (Å²) in [6.45, 7) is 7.04. The number of hydrogen-bond donors (Lipinski definition) is 3. The van der Waals surface area contributed by atoms with Crippen LogP contribution in [0.5, 0.6) is 5.75 Å². The number of rotatable bonds is 9. The Morgan fingerprint density at radius 3 is 2.27 bits per heavy atom. The van der Waals surface area contributed by atoms with Gasteiger partial charge in [-0.15, -0.1) is 13.2 Å². The lowest BCUT2D eigenvalue weighted by Gasteiger charge is -2.29. The lowest BCUT2D eigenvalue weighted by atomic mass is 9.82. The number of nitrogens with zero attached hydrogens (tertiary/aromatic N) is 2. The lowest BCUT2D eigenvalue weighted by Crippen LogP contribution is -2.33. The van der Waals surface area contributed by atoms with E-state index in [0.717, 1.165) is 54.5 Å². The summed E-state index contributed by atoms with van der Waals surface area (Å²) in [5.74, 6) is 0.979. The van der Waals surface area contributed by atoms with Crippen molar-refractivity contribution in [2.45, 2.75) is 63.3 Å². The average Bonchev–Trinajstić information content (AvgIpc) is 2.85. The largest absolute Gasteiger partial charge is 0.573 e. The van der Waals surface area contributed by atoms with E-state index in [9.17, 15) is 21.6 Å². The van der Waals surface area contributed by atoms with Gasteiger partial charge in [-0.05, 0) is 88.6 Å². The van der Waals surface area contributed by atoms with Crippen molar-refractivity contribution in [2.75, 3.05) is 23.7 Å². The SMILES string of the molecule is CC(C)(C)Nc1nc(NCC2CCC(CNS(=O)(=O)c3ccc(Br)cc3OC(F)(F)F)CC2)nc2ccccc12. The molecule has 4 rings (SSSR count). The summed E-state index contributed by atoms with van der Waals surface area (Å²) in [5.41, 5.74) is 0.677. The number of nitrogens with one attached hydrogen (secondary N) is 3. The number of benzene rings is 2. The molecule has 3 aromatic rings. The topological polar surface area (TPSA) is 105 Å². The molecule has 0 radical (unpaired) electrons. The zero-order chi connectivity index (χ0) is 29.1. The third kappa shape index (κ3) is 8.43. The maximum Gasteiger partial charge on any atom is 0.573 e. The van der Waals surface area contributed by atoms with Gasteiger partial charge in [0.1, 0.15) is 10.7 Å². The van der Waals surface area contributed by atoms with Crippen LogP contribution < -0.4 is 20.1 Å². The molecular formula is C27H33BrF3N5O3S. The van der Waals surface area contributed by atoms with Crippen LogP contribution in [-0.4, -0.2) is 43.4 Å². The molecule has 0 atom stereocenters. The average molecular weight is 645 g/mol. The first-order chi connectivity index (χ1) is 18.7. The monoisotopic (exact) mass is 643 g/mol. The van der Waals surface area contributed by atoms with E-state index in [1.807, 2.05) is 24.3 Å². The highest BCUT2D eigenvalue weighted by atomic mass is 79.9. The van der Waals surface area contributed by atoms with Crippen LogP contribution in [-0.2, 0) is 10.0 Å². The molecule has 8 nitrogen and oxygen atoms in total. The van der Waals surface area contributed by atoms with E-state index in [0.29, 0.717) is 18.4 Å². The van der Waals surface area contributed by atoms with Crippen LogP contribution in [0.1, 0.15) is 46.5 Å². The third-order valence-electron chi connectivity index (χ3n) is 6.59. The molecule has 1 saturated carbocycles. The zero-order valence-corrected chi connectivity index (χ0v) is 24.9. The van der Waals surface area contributed by atoms with Crippen LogP contribution in [0.15, 0.2) is 51.8 Å². The molecule has 2 aromatic carbocycles. The molecule has 0 unspecified atom stereocenters. The lowest BCUT2D eigenvalue weighted by molar-refractivity contribution is -0.275. The molecule has 0 spiro atoms. The van der Waals surface area contributed by atoms with Gasteiger partial charge in [0.05, 0.1) is 5.52 Å². The Kier molecular flexibility index (Phi) is 9.15. The first kappa shape index (κ1) is 30.3. The van der Waals surface area contributed by atoms with Crippen LogP contribution in [0.3, 0.4) is 0 Å². The first-order valence-corrected chi connectivity index (χ1v) is 15.3. The fourth-order valence-electron chi connectivity index (χ4n) is 4.70. The number of aromatic nitrogens is 2. The number of halogens is 4. The number of anilines is 2. The van der Waals surface area contributed by atoms with Crippen molar-refractivity contribution < 1.29 is 26.3 Å². The molecule has 1 heterocycles.